The summed E-state index contributed by atoms with van der Waals surface area (Å²) in [5.74, 6) is 0.514. The molecule has 2 aromatic heterocycles. The topological polar surface area (TPSA) is 102 Å². The highest BCUT2D eigenvalue weighted by molar-refractivity contribution is 5.17. The van der Waals surface area contributed by atoms with Gasteiger partial charge in [0, 0.05) is 0 Å². The van der Waals surface area contributed by atoms with Crippen molar-refractivity contribution in [1.29, 1.82) is 0 Å². The van der Waals surface area contributed by atoms with Crippen molar-refractivity contribution >= 4 is 0 Å². The van der Waals surface area contributed by atoms with Crippen molar-refractivity contribution in [1.82, 2.24) is 29.5 Å². The van der Waals surface area contributed by atoms with E-state index < -0.39 is 11.7 Å². The van der Waals surface area contributed by atoms with Gasteiger partial charge in [0.15, 0.2) is 11.6 Å². The molecule has 0 aliphatic rings. The van der Waals surface area contributed by atoms with E-state index in [0.717, 1.165) is 11.1 Å². The molecule has 0 spiro atoms. The van der Waals surface area contributed by atoms with Crippen molar-refractivity contribution in [2.45, 2.75) is 52.0 Å². The molecule has 8 nitrogen and oxygen atoms in total. The number of rotatable bonds is 10. The standard InChI is InChI=1S/C26H32N6O2/c1-19(2)26(34,25-28-18-30-32(25)16-22-12-8-5-9-13-22)14-20(3)23(33)24-27-17-29-31(24)15-21-10-6-4-7-11-21/h4-13,17-20,23,33-34H,14-16H2,1-3H3. The maximum atomic E-state index is 11.9. The van der Waals surface area contributed by atoms with Crippen molar-refractivity contribution in [2.75, 3.05) is 0 Å². The first-order valence-electron chi connectivity index (χ1n) is 11.6. The van der Waals surface area contributed by atoms with Crippen LogP contribution in [0.25, 0.3) is 0 Å². The van der Waals surface area contributed by atoms with Gasteiger partial charge in [-0.2, -0.15) is 10.2 Å². The monoisotopic (exact) mass is 460 g/mol. The maximum Gasteiger partial charge on any atom is 0.159 e. The molecule has 0 fully saturated rings. The third-order valence-electron chi connectivity index (χ3n) is 6.39. The zero-order chi connectivity index (χ0) is 24.1. The van der Waals surface area contributed by atoms with Crippen molar-refractivity contribution in [3.8, 4) is 0 Å². The molecule has 2 N–H and O–H groups in total. The maximum absolute atomic E-state index is 11.9. The SMILES string of the molecule is CC(CC(O)(c1ncnn1Cc1ccccc1)C(C)C)C(O)c1ncnn1Cc1ccccc1. The first kappa shape index (κ1) is 23.8. The molecule has 0 radical (unpaired) electrons. The van der Waals surface area contributed by atoms with Gasteiger partial charge in [-0.3, -0.25) is 0 Å². The van der Waals surface area contributed by atoms with Crippen LogP contribution in [0.4, 0.5) is 0 Å². The Morgan fingerprint density at radius 3 is 1.91 bits per heavy atom. The number of aromatic nitrogens is 6. The summed E-state index contributed by atoms with van der Waals surface area (Å²) < 4.78 is 3.45. The minimum atomic E-state index is -1.28. The van der Waals surface area contributed by atoms with Crippen molar-refractivity contribution in [3.63, 3.8) is 0 Å². The number of aliphatic hydroxyl groups is 2. The van der Waals surface area contributed by atoms with E-state index in [-0.39, 0.29) is 18.3 Å². The highest BCUT2D eigenvalue weighted by Gasteiger charge is 2.41. The molecule has 0 saturated heterocycles. The van der Waals surface area contributed by atoms with Crippen molar-refractivity contribution in [2.24, 2.45) is 11.8 Å². The van der Waals surface area contributed by atoms with Gasteiger partial charge in [0.05, 0.1) is 13.1 Å². The Hall–Kier alpha value is -3.36. The Labute approximate surface area is 199 Å². The summed E-state index contributed by atoms with van der Waals surface area (Å²) in [6.45, 7) is 6.85. The first-order valence-corrected chi connectivity index (χ1v) is 11.6. The van der Waals surface area contributed by atoms with Gasteiger partial charge in [-0.15, -0.1) is 0 Å². The predicted octanol–water partition coefficient (Wildman–Crippen LogP) is 3.57. The van der Waals surface area contributed by atoms with Crippen LogP contribution >= 0.6 is 0 Å². The molecule has 4 aromatic rings. The summed E-state index contributed by atoms with van der Waals surface area (Å²) in [4.78, 5) is 8.77. The highest BCUT2D eigenvalue weighted by atomic mass is 16.3. The molecule has 2 aromatic carbocycles. The normalized spacial score (nSPS) is 15.2. The average molecular weight is 461 g/mol. The van der Waals surface area contributed by atoms with Crippen LogP contribution < -0.4 is 0 Å². The minimum Gasteiger partial charge on any atom is -0.385 e. The smallest absolute Gasteiger partial charge is 0.159 e. The molecule has 34 heavy (non-hydrogen) atoms. The number of hydrogen-bond donors (Lipinski definition) is 2. The molecule has 8 heteroatoms. The van der Waals surface area contributed by atoms with E-state index in [2.05, 4.69) is 20.2 Å². The van der Waals surface area contributed by atoms with E-state index in [0.29, 0.717) is 24.7 Å². The van der Waals surface area contributed by atoms with Crippen LogP contribution in [0.3, 0.4) is 0 Å². The molecule has 0 amide bonds. The summed E-state index contributed by atoms with van der Waals surface area (Å²) >= 11 is 0. The lowest BCUT2D eigenvalue weighted by atomic mass is 9.79. The summed E-state index contributed by atoms with van der Waals surface area (Å²) in [6.07, 6.45) is 2.32. The predicted molar refractivity (Wildman–Crippen MR) is 129 cm³/mol. The number of hydrogen-bond acceptors (Lipinski definition) is 6. The summed E-state index contributed by atoms with van der Waals surface area (Å²) in [6, 6.07) is 19.9. The lowest BCUT2D eigenvalue weighted by Gasteiger charge is -2.35. The van der Waals surface area contributed by atoms with E-state index >= 15 is 0 Å². The third-order valence-corrected chi connectivity index (χ3v) is 6.39. The molecule has 0 saturated carbocycles. The van der Waals surface area contributed by atoms with Crippen LogP contribution in [0.15, 0.2) is 73.3 Å². The molecule has 3 unspecified atom stereocenters. The highest BCUT2D eigenvalue weighted by Crippen LogP contribution is 2.38. The first-order chi connectivity index (χ1) is 16.4. The second kappa shape index (κ2) is 10.3. The minimum absolute atomic E-state index is 0.150. The van der Waals surface area contributed by atoms with Crippen LogP contribution in [0, 0.1) is 11.8 Å². The Morgan fingerprint density at radius 1 is 0.794 bits per heavy atom. The van der Waals surface area contributed by atoms with Crippen LogP contribution in [0.1, 0.15) is 56.1 Å². The largest absolute Gasteiger partial charge is 0.385 e. The molecular weight excluding hydrogens is 428 g/mol. The molecular formula is C26H32N6O2. The van der Waals surface area contributed by atoms with Crippen LogP contribution in [0.2, 0.25) is 0 Å². The average Bonchev–Trinajstić information content (AvgIpc) is 3.49. The Bertz CT molecular complexity index is 1170. The molecule has 0 bridgehead atoms. The summed E-state index contributed by atoms with van der Waals surface area (Å²) in [5.41, 5.74) is 0.861. The summed E-state index contributed by atoms with van der Waals surface area (Å²) in [7, 11) is 0. The Kier molecular flexibility index (Phi) is 7.19. The van der Waals surface area contributed by atoms with Crippen molar-refractivity contribution in [3.05, 3.63) is 96.1 Å². The molecule has 0 aliphatic carbocycles. The fraction of sp³-hybridized carbons (Fsp3) is 0.385. The van der Waals surface area contributed by atoms with Crippen LogP contribution in [-0.2, 0) is 18.7 Å². The Balaban J connectivity index is 1.55. The van der Waals surface area contributed by atoms with E-state index in [4.69, 9.17) is 0 Å². The zero-order valence-electron chi connectivity index (χ0n) is 19.9. The van der Waals surface area contributed by atoms with Crippen LogP contribution in [0.5, 0.6) is 0 Å². The third kappa shape index (κ3) is 5.08. The second-order valence-corrected chi connectivity index (χ2v) is 9.19. The van der Waals surface area contributed by atoms with Gasteiger partial charge in [0.1, 0.15) is 24.4 Å². The fourth-order valence-corrected chi connectivity index (χ4v) is 4.29. The van der Waals surface area contributed by atoms with E-state index in [1.54, 1.807) is 9.36 Å². The van der Waals surface area contributed by atoms with Gasteiger partial charge in [-0.05, 0) is 29.4 Å². The quantitative estimate of drug-likeness (QED) is 0.375. The zero-order valence-corrected chi connectivity index (χ0v) is 19.9. The molecule has 0 aliphatic heterocycles. The van der Waals surface area contributed by atoms with Crippen LogP contribution in [-0.4, -0.2) is 39.7 Å². The van der Waals surface area contributed by atoms with Gasteiger partial charge in [0.2, 0.25) is 0 Å². The molecule has 4 rings (SSSR count). The van der Waals surface area contributed by atoms with Crippen molar-refractivity contribution < 1.29 is 10.2 Å². The lowest BCUT2D eigenvalue weighted by molar-refractivity contribution is -0.0596. The number of aliphatic hydroxyl groups excluding tert-OH is 1. The van der Waals surface area contributed by atoms with E-state index in [1.807, 2.05) is 81.4 Å². The van der Waals surface area contributed by atoms with Gasteiger partial charge in [-0.25, -0.2) is 19.3 Å². The molecule has 2 heterocycles. The number of benzene rings is 2. The van der Waals surface area contributed by atoms with E-state index in [9.17, 15) is 10.2 Å². The molecule has 178 valence electrons. The summed E-state index contributed by atoms with van der Waals surface area (Å²) in [5, 5.41) is 31.8. The number of nitrogens with zero attached hydrogens (tertiary/aromatic N) is 6. The second-order valence-electron chi connectivity index (χ2n) is 9.19. The van der Waals surface area contributed by atoms with Gasteiger partial charge < -0.3 is 10.2 Å². The van der Waals surface area contributed by atoms with Gasteiger partial charge in [-0.1, -0.05) is 81.4 Å². The molecule has 3 atom stereocenters. The van der Waals surface area contributed by atoms with Gasteiger partial charge in [0.25, 0.3) is 0 Å². The fourth-order valence-electron chi connectivity index (χ4n) is 4.29. The Morgan fingerprint density at radius 2 is 1.32 bits per heavy atom. The van der Waals surface area contributed by atoms with E-state index in [1.165, 1.54) is 12.7 Å². The lowest BCUT2D eigenvalue weighted by Crippen LogP contribution is -2.38. The van der Waals surface area contributed by atoms with Gasteiger partial charge >= 0.3 is 0 Å².